The van der Waals surface area contributed by atoms with Crippen molar-refractivity contribution in [3.8, 4) is 0 Å². The Hall–Kier alpha value is -2.10. The van der Waals surface area contributed by atoms with Crippen LogP contribution in [-0.4, -0.2) is 80.6 Å². The van der Waals surface area contributed by atoms with Gasteiger partial charge in [-0.05, 0) is 12.8 Å². The minimum atomic E-state index is -0.615. The van der Waals surface area contributed by atoms with Gasteiger partial charge in [-0.25, -0.2) is 0 Å². The summed E-state index contributed by atoms with van der Waals surface area (Å²) in [6.07, 6.45) is 0. The number of nitrogens with one attached hydrogen (secondary N) is 4. The van der Waals surface area contributed by atoms with Crippen LogP contribution >= 0.6 is 0 Å². The molecule has 0 aromatic carbocycles. The van der Waals surface area contributed by atoms with Gasteiger partial charge >= 0.3 is 0 Å². The van der Waals surface area contributed by atoms with Gasteiger partial charge in [0.15, 0.2) is 0 Å². The highest BCUT2D eigenvalue weighted by Crippen LogP contribution is 2.13. The van der Waals surface area contributed by atoms with Gasteiger partial charge in [0.25, 0.3) is 0 Å². The van der Waals surface area contributed by atoms with Crippen molar-refractivity contribution in [2.75, 3.05) is 26.2 Å². The summed E-state index contributed by atoms with van der Waals surface area (Å²) in [7, 11) is 6.25. The zero-order chi connectivity index (χ0) is 28.2. The summed E-state index contributed by atoms with van der Waals surface area (Å²) in [5, 5.41) is 11.9. The number of carbonyl (C=O) groups excluding carboxylic acids is 4. The lowest BCUT2D eigenvalue weighted by molar-refractivity contribution is -0.126. The van der Waals surface area contributed by atoms with Crippen LogP contribution in [0.1, 0.15) is 69.2 Å². The fraction of sp³-hybridized carbons (Fsp3) is 0.846. The van der Waals surface area contributed by atoms with Gasteiger partial charge in [-0.15, -0.1) is 0 Å². The first-order valence-corrected chi connectivity index (χ1v) is 13.2. The lowest BCUT2D eigenvalue weighted by atomic mass is 9.91. The van der Waals surface area contributed by atoms with E-state index in [0.717, 1.165) is 0 Å². The molecule has 0 bridgehead atoms. The number of hydrogen-bond acceptors (Lipinski definition) is 5. The Balaban J connectivity index is 5.70. The molecule has 9 nitrogen and oxygen atoms in total. The van der Waals surface area contributed by atoms with Crippen molar-refractivity contribution in [1.29, 1.82) is 0 Å². The summed E-state index contributed by atoms with van der Waals surface area (Å²) in [6, 6.07) is -0.481. The van der Waals surface area contributed by atoms with E-state index in [-0.39, 0.29) is 65.3 Å². The van der Waals surface area contributed by atoms with E-state index in [1.165, 1.54) is 0 Å². The van der Waals surface area contributed by atoms with E-state index in [9.17, 15) is 19.2 Å². The first-order chi connectivity index (χ1) is 16.6. The Morgan fingerprint density at radius 1 is 0.639 bits per heavy atom. The van der Waals surface area contributed by atoms with E-state index in [1.807, 2.05) is 60.3 Å². The molecule has 0 saturated heterocycles. The van der Waals surface area contributed by atoms with Gasteiger partial charge in [-0.2, -0.15) is 0 Å². The molecular weight excluding hydrogens is 457 g/mol. The van der Waals surface area contributed by atoms with Crippen LogP contribution in [0, 0.1) is 29.6 Å². The first-order valence-electron chi connectivity index (χ1n) is 13.2. The Morgan fingerprint density at radius 3 is 1.56 bits per heavy atom. The molecular formula is C26H50BN5O4. The van der Waals surface area contributed by atoms with E-state index in [1.54, 1.807) is 13.8 Å². The highest BCUT2D eigenvalue weighted by atomic mass is 16.2. The van der Waals surface area contributed by atoms with Crippen LogP contribution in [0.5, 0.6) is 0 Å². The maximum Gasteiger partial charge on any atom is 0.222 e. The molecule has 0 saturated carbocycles. The highest BCUT2D eigenvalue weighted by Gasteiger charge is 2.29. The summed E-state index contributed by atoms with van der Waals surface area (Å²) in [4.78, 5) is 51.2. The summed E-state index contributed by atoms with van der Waals surface area (Å²) >= 11 is 0. The molecule has 4 unspecified atom stereocenters. The minimum Gasteiger partial charge on any atom is -0.361 e. The average molecular weight is 508 g/mol. The quantitative estimate of drug-likeness (QED) is 0.235. The van der Waals surface area contributed by atoms with E-state index in [2.05, 4.69) is 21.3 Å². The van der Waals surface area contributed by atoms with Gasteiger partial charge < -0.3 is 21.3 Å². The largest absolute Gasteiger partial charge is 0.361 e. The van der Waals surface area contributed by atoms with E-state index < -0.39 is 5.94 Å². The van der Waals surface area contributed by atoms with Crippen molar-refractivity contribution < 1.29 is 19.2 Å². The second-order valence-electron chi connectivity index (χ2n) is 11.1. The summed E-state index contributed by atoms with van der Waals surface area (Å²) in [6.45, 7) is 20.2. The normalized spacial score (nSPS) is 15.1. The van der Waals surface area contributed by atoms with Crippen LogP contribution in [0.25, 0.3) is 0 Å². The molecule has 206 valence electrons. The second-order valence-corrected chi connectivity index (χ2v) is 11.1. The molecule has 0 heterocycles. The van der Waals surface area contributed by atoms with Gasteiger partial charge in [0.1, 0.15) is 7.85 Å². The van der Waals surface area contributed by atoms with E-state index in [4.69, 9.17) is 7.85 Å². The molecule has 4 atom stereocenters. The third kappa shape index (κ3) is 13.3. The van der Waals surface area contributed by atoms with Gasteiger partial charge in [-0.3, -0.25) is 24.1 Å². The lowest BCUT2D eigenvalue weighted by Gasteiger charge is -2.36. The molecule has 0 aliphatic heterocycles. The fourth-order valence-corrected chi connectivity index (χ4v) is 3.31. The number of nitrogens with zero attached hydrogens (tertiary/aromatic N) is 1. The Bertz CT molecular complexity index is 714. The predicted octanol–water partition coefficient (Wildman–Crippen LogP) is 1.27. The van der Waals surface area contributed by atoms with Gasteiger partial charge in [0.2, 0.25) is 23.6 Å². The van der Waals surface area contributed by atoms with Crippen molar-refractivity contribution in [3.05, 3.63) is 0 Å². The number of carbonyl (C=O) groups is 4. The molecule has 0 aromatic rings. The molecule has 36 heavy (non-hydrogen) atoms. The molecule has 0 aliphatic rings. The fourth-order valence-electron chi connectivity index (χ4n) is 3.31. The SMILES string of the molecule is [B]C(CN(CCNC(=O)C(C)C)CC(NC(=O)C(C)C)C(C)C(C)NC(=O)C(C)C)NC(=O)C(C)C. The minimum absolute atomic E-state index is 0.0459. The van der Waals surface area contributed by atoms with Gasteiger partial charge in [0, 0.05) is 67.9 Å². The summed E-state index contributed by atoms with van der Waals surface area (Å²) in [5.74, 6) is -1.70. The Labute approximate surface area is 220 Å². The average Bonchev–Trinajstić information content (AvgIpc) is 2.76. The van der Waals surface area contributed by atoms with Crippen LogP contribution in [0.2, 0.25) is 0 Å². The summed E-state index contributed by atoms with van der Waals surface area (Å²) in [5.41, 5.74) is 0. The van der Waals surface area contributed by atoms with Crippen LogP contribution < -0.4 is 21.3 Å². The number of amides is 4. The zero-order valence-electron chi connectivity index (χ0n) is 24.1. The smallest absolute Gasteiger partial charge is 0.222 e. The molecule has 0 rings (SSSR count). The first kappa shape index (κ1) is 33.9. The molecule has 2 radical (unpaired) electrons. The third-order valence-electron chi connectivity index (χ3n) is 6.18. The molecule has 4 N–H and O–H groups in total. The second kappa shape index (κ2) is 16.6. The molecule has 0 spiro atoms. The van der Waals surface area contributed by atoms with Crippen molar-refractivity contribution in [2.45, 2.75) is 87.3 Å². The van der Waals surface area contributed by atoms with E-state index in [0.29, 0.717) is 26.2 Å². The monoisotopic (exact) mass is 507 g/mol. The van der Waals surface area contributed by atoms with Crippen LogP contribution in [0.3, 0.4) is 0 Å². The van der Waals surface area contributed by atoms with Crippen molar-refractivity contribution in [3.63, 3.8) is 0 Å². The standard InChI is InChI=1S/C26H50BN5O4/c1-15(2)23(33)28-11-12-32(14-22(27)31-26(36)18(7)8)13-21(30-25(35)17(5)6)19(9)20(10)29-24(34)16(3)4/h15-22H,11-14H2,1-10H3,(H,28,33)(H,29,34)(H,30,35)(H,31,36). The lowest BCUT2D eigenvalue weighted by Crippen LogP contribution is -2.56. The van der Waals surface area contributed by atoms with Crippen molar-refractivity contribution in [1.82, 2.24) is 26.2 Å². The van der Waals surface area contributed by atoms with Crippen molar-refractivity contribution >= 4 is 31.5 Å². The predicted molar refractivity (Wildman–Crippen MR) is 145 cm³/mol. The zero-order valence-corrected chi connectivity index (χ0v) is 24.1. The van der Waals surface area contributed by atoms with Crippen LogP contribution in [0.4, 0.5) is 0 Å². The highest BCUT2D eigenvalue weighted by molar-refractivity contribution is 6.13. The van der Waals surface area contributed by atoms with Gasteiger partial charge in [0.05, 0.1) is 0 Å². The maximum absolute atomic E-state index is 12.7. The molecule has 0 aromatic heterocycles. The molecule has 0 aliphatic carbocycles. The number of hydrogen-bond donors (Lipinski definition) is 4. The third-order valence-corrected chi connectivity index (χ3v) is 6.18. The van der Waals surface area contributed by atoms with Gasteiger partial charge in [-0.1, -0.05) is 62.3 Å². The van der Waals surface area contributed by atoms with Crippen LogP contribution in [-0.2, 0) is 19.2 Å². The Kier molecular flexibility index (Phi) is 15.6. The Morgan fingerprint density at radius 2 is 1.08 bits per heavy atom. The summed E-state index contributed by atoms with van der Waals surface area (Å²) < 4.78 is 0. The number of rotatable bonds is 16. The van der Waals surface area contributed by atoms with E-state index >= 15 is 0 Å². The van der Waals surface area contributed by atoms with Crippen LogP contribution in [0.15, 0.2) is 0 Å². The molecule has 0 fully saturated rings. The molecule has 10 heteroatoms. The maximum atomic E-state index is 12.7. The topological polar surface area (TPSA) is 120 Å². The van der Waals surface area contributed by atoms with Crippen molar-refractivity contribution in [2.24, 2.45) is 29.6 Å². The molecule has 4 amide bonds.